The Morgan fingerprint density at radius 2 is 1.73 bits per heavy atom. The highest BCUT2D eigenvalue weighted by molar-refractivity contribution is 7.44. The zero-order chi connectivity index (χ0) is 21.7. The highest BCUT2D eigenvalue weighted by Gasteiger charge is 2.19. The van der Waals surface area contributed by atoms with E-state index in [1.165, 1.54) is 19.1 Å². The van der Waals surface area contributed by atoms with Crippen LogP contribution in [0.15, 0.2) is 30.6 Å². The molecule has 0 saturated heterocycles. The molecule has 0 radical (unpaired) electrons. The van der Waals surface area contributed by atoms with Crippen LogP contribution in [0.2, 0.25) is 0 Å². The average molecular weight is 439 g/mol. The van der Waals surface area contributed by atoms with E-state index >= 15 is 0 Å². The molecular weight excluding hydrogens is 412 g/mol. The number of imidazole rings is 1. The number of anilines is 1. The number of hydrogen-bond donors (Lipinski definition) is 1. The highest BCUT2D eigenvalue weighted by atomic mass is 32.1. The van der Waals surface area contributed by atoms with Gasteiger partial charge in [-0.1, -0.05) is 0 Å². The Bertz CT molecular complexity index is 1040. The molecule has 0 aliphatic rings. The predicted octanol–water partition coefficient (Wildman–Crippen LogP) is 1.40. The van der Waals surface area contributed by atoms with E-state index in [1.807, 2.05) is 10.5 Å². The van der Waals surface area contributed by atoms with Gasteiger partial charge in [-0.3, -0.25) is 9.20 Å². The lowest BCUT2D eigenvalue weighted by molar-refractivity contribution is 0.0823. The summed E-state index contributed by atoms with van der Waals surface area (Å²) in [6.45, 7) is 0. The largest absolute Gasteiger partial charge is 0.496 e. The molecule has 0 unspecified atom stereocenters. The van der Waals surface area contributed by atoms with E-state index in [-0.39, 0.29) is 12.8 Å². The summed E-state index contributed by atoms with van der Waals surface area (Å²) in [7, 11) is 7.99. The lowest BCUT2D eigenvalue weighted by Gasteiger charge is -2.15. The molecule has 0 aliphatic carbocycles. The zero-order valence-electron chi connectivity index (χ0n) is 17.3. The summed E-state index contributed by atoms with van der Waals surface area (Å²) in [4.78, 5) is 18.4. The number of aromatic nitrogens is 2. The summed E-state index contributed by atoms with van der Waals surface area (Å²) in [5, 5.41) is 0. The number of benzene rings is 1. The first-order valence-electron chi connectivity index (χ1n) is 8.36. The van der Waals surface area contributed by atoms with Crippen LogP contribution in [0.4, 0.5) is 5.69 Å². The van der Waals surface area contributed by atoms with E-state index in [4.69, 9.17) is 24.2 Å². The Kier molecular flexibility index (Phi) is 8.50. The number of nitrogen functional groups attached to an aromatic ring is 1. The Morgan fingerprint density at radius 1 is 1.10 bits per heavy atom. The normalized spacial score (nSPS) is 9.77. The van der Waals surface area contributed by atoms with Crippen molar-refractivity contribution in [3.05, 3.63) is 36.2 Å². The number of pyridine rings is 1. The number of nitrogens with two attached hydrogens (primary N) is 1. The van der Waals surface area contributed by atoms with E-state index in [0.717, 1.165) is 11.3 Å². The maximum absolute atomic E-state index is 12.5. The van der Waals surface area contributed by atoms with Crippen LogP contribution >= 0.6 is 0 Å². The molecule has 4 N–H and O–H groups in total. The molecule has 30 heavy (non-hydrogen) atoms. The fourth-order valence-electron chi connectivity index (χ4n) is 2.93. The van der Waals surface area contributed by atoms with Crippen LogP contribution in [0.3, 0.4) is 0 Å². The summed E-state index contributed by atoms with van der Waals surface area (Å²) in [5.41, 5.74) is 9.17. The molecule has 0 atom stereocenters. The maximum Gasteiger partial charge on any atom is 0.258 e. The molecule has 1 amide bonds. The Morgan fingerprint density at radius 3 is 2.27 bits per heavy atom. The number of nitrogens with zero attached hydrogens (tertiary/aromatic N) is 3. The summed E-state index contributed by atoms with van der Waals surface area (Å²) >= 11 is 2.83. The first-order chi connectivity index (χ1) is 13.9. The molecule has 3 aromatic rings. The van der Waals surface area contributed by atoms with Gasteiger partial charge in [0.25, 0.3) is 5.91 Å². The van der Waals surface area contributed by atoms with Crippen molar-refractivity contribution in [3.63, 3.8) is 0 Å². The summed E-state index contributed by atoms with van der Waals surface area (Å²) < 4.78 is 25.7. The Hall–Kier alpha value is -3.44. The van der Waals surface area contributed by atoms with Gasteiger partial charge in [0.1, 0.15) is 11.4 Å². The van der Waals surface area contributed by atoms with Crippen molar-refractivity contribution in [2.45, 2.75) is 0 Å². The first kappa shape index (κ1) is 24.6. The van der Waals surface area contributed by atoms with Crippen LogP contribution in [0, 0.1) is 0 Å². The van der Waals surface area contributed by atoms with Crippen molar-refractivity contribution in [3.8, 4) is 28.5 Å². The van der Waals surface area contributed by atoms with Gasteiger partial charge in [0, 0.05) is 33.3 Å². The third-order valence-electron chi connectivity index (χ3n) is 4.27. The molecule has 0 fully saturated rings. The van der Waals surface area contributed by atoms with Crippen molar-refractivity contribution < 1.29 is 30.1 Å². The molecule has 2 aromatic heterocycles. The first-order valence-corrected chi connectivity index (χ1v) is 8.69. The van der Waals surface area contributed by atoms with E-state index in [1.54, 1.807) is 45.7 Å². The van der Waals surface area contributed by atoms with Crippen LogP contribution in [-0.4, -0.2) is 65.3 Å². The Balaban J connectivity index is 0.00000219. The third-order valence-corrected chi connectivity index (χ3v) is 4.27. The number of carbonyl (C=O) groups is 1. The maximum atomic E-state index is 12.5. The fraction of sp³-hybridized carbons (Fsp3) is 0.263. The van der Waals surface area contributed by atoms with Gasteiger partial charge in [0.2, 0.25) is 0 Å². The number of rotatable bonds is 5. The minimum Gasteiger partial charge on any atom is -0.496 e. The standard InChI is InChI=1S/C19H22N4O4.OS.H2O.H2/c1-22(2)19(24)12-10-23-14(9-21-17(23)8-15(12)25-3)11-6-13(20)18(27-5)16(7-11)26-4;1-2;;/h6-10H,20H2,1-5H3;;1H2;1H. The second-order valence-corrected chi connectivity index (χ2v) is 6.13. The fourth-order valence-corrected chi connectivity index (χ4v) is 2.93. The number of hydrogen-bond acceptors (Lipinski definition) is 8. The molecule has 0 spiro atoms. The van der Waals surface area contributed by atoms with Gasteiger partial charge in [0.15, 0.2) is 24.0 Å². The minimum absolute atomic E-state index is 0. The predicted molar refractivity (Wildman–Crippen MR) is 117 cm³/mol. The number of amides is 1. The van der Waals surface area contributed by atoms with E-state index in [9.17, 15) is 4.79 Å². The second-order valence-electron chi connectivity index (χ2n) is 6.13. The molecule has 164 valence electrons. The number of ether oxygens (including phenoxy) is 3. The van der Waals surface area contributed by atoms with E-state index < -0.39 is 0 Å². The second kappa shape index (κ2) is 10.4. The smallest absolute Gasteiger partial charge is 0.258 e. The van der Waals surface area contributed by atoms with Crippen molar-refractivity contribution >= 4 is 29.8 Å². The van der Waals surface area contributed by atoms with Gasteiger partial charge in [-0.2, -0.15) is 4.21 Å². The van der Waals surface area contributed by atoms with Crippen LogP contribution in [-0.2, 0) is 12.5 Å². The van der Waals surface area contributed by atoms with Crippen LogP contribution in [0.5, 0.6) is 17.2 Å². The van der Waals surface area contributed by atoms with Gasteiger partial charge in [-0.05, 0) is 12.1 Å². The quantitative estimate of drug-likeness (QED) is 0.590. The number of carbonyl (C=O) groups excluding carboxylic acids is 1. The molecular formula is C19H26N4O6S. The molecule has 11 heteroatoms. The Labute approximate surface area is 180 Å². The summed E-state index contributed by atoms with van der Waals surface area (Å²) in [6.07, 6.45) is 3.42. The molecule has 0 aliphatic heterocycles. The summed E-state index contributed by atoms with van der Waals surface area (Å²) in [6, 6.07) is 5.32. The minimum atomic E-state index is -0.166. The zero-order valence-corrected chi connectivity index (χ0v) is 18.1. The van der Waals surface area contributed by atoms with Gasteiger partial charge in [-0.15, -0.1) is 0 Å². The molecule has 1 aromatic carbocycles. The van der Waals surface area contributed by atoms with Crippen molar-refractivity contribution in [2.75, 3.05) is 41.2 Å². The molecule has 0 saturated carbocycles. The lowest BCUT2D eigenvalue weighted by Crippen LogP contribution is -2.22. The average Bonchev–Trinajstić information content (AvgIpc) is 3.15. The highest BCUT2D eigenvalue weighted by Crippen LogP contribution is 2.38. The van der Waals surface area contributed by atoms with Gasteiger partial charge >= 0.3 is 0 Å². The molecule has 0 bridgehead atoms. The molecule has 2 heterocycles. The van der Waals surface area contributed by atoms with Crippen LogP contribution < -0.4 is 19.9 Å². The van der Waals surface area contributed by atoms with Crippen LogP contribution in [0.25, 0.3) is 16.9 Å². The SMILES string of the molecule is COc1cc2ncc(-c3cc(N)c(OC)c(OC)c3)n2cc1C(=O)N(C)C.O.O=S.[HH]. The molecule has 3 rings (SSSR count). The van der Waals surface area contributed by atoms with Crippen LogP contribution in [0.1, 0.15) is 11.8 Å². The third kappa shape index (κ3) is 4.42. The summed E-state index contributed by atoms with van der Waals surface area (Å²) in [5.74, 6) is 1.28. The van der Waals surface area contributed by atoms with Gasteiger partial charge in [-0.25, -0.2) is 4.98 Å². The van der Waals surface area contributed by atoms with Gasteiger partial charge in [0.05, 0.1) is 44.5 Å². The van der Waals surface area contributed by atoms with Crippen molar-refractivity contribution in [1.82, 2.24) is 14.3 Å². The molecule has 10 nitrogen and oxygen atoms in total. The number of fused-ring (bicyclic) bond motifs is 1. The number of methoxy groups -OCH3 is 3. The topological polar surface area (TPSA) is 140 Å². The lowest BCUT2D eigenvalue weighted by atomic mass is 10.1. The van der Waals surface area contributed by atoms with E-state index in [0.29, 0.717) is 34.1 Å². The van der Waals surface area contributed by atoms with Gasteiger partial charge < -0.3 is 30.3 Å². The van der Waals surface area contributed by atoms with Crippen molar-refractivity contribution in [2.24, 2.45) is 0 Å². The van der Waals surface area contributed by atoms with E-state index in [2.05, 4.69) is 17.5 Å². The monoisotopic (exact) mass is 438 g/mol. The van der Waals surface area contributed by atoms with Crippen molar-refractivity contribution in [1.29, 1.82) is 0 Å².